The quantitative estimate of drug-likeness (QED) is 0.558. The largest absolute Gasteiger partial charge is 0.432 e. The molecule has 0 fully saturated rings. The molecule has 0 saturated heterocycles. The van der Waals surface area contributed by atoms with Crippen molar-refractivity contribution in [2.45, 2.75) is 26.7 Å². The first-order valence-electron chi connectivity index (χ1n) is 5.58. The lowest BCUT2D eigenvalue weighted by atomic mass is 9.95. The molecule has 0 aliphatic heterocycles. The van der Waals surface area contributed by atoms with E-state index in [9.17, 15) is 4.79 Å². The molecular weight excluding hydrogens is 200 g/mol. The van der Waals surface area contributed by atoms with Crippen molar-refractivity contribution in [1.29, 1.82) is 0 Å². The van der Waals surface area contributed by atoms with E-state index in [2.05, 4.69) is 20.4 Å². The van der Waals surface area contributed by atoms with Crippen molar-refractivity contribution >= 4 is 5.97 Å². The Morgan fingerprint density at radius 1 is 1.50 bits per heavy atom. The summed E-state index contributed by atoms with van der Waals surface area (Å²) in [4.78, 5) is 11.6. The van der Waals surface area contributed by atoms with Crippen molar-refractivity contribution in [1.82, 2.24) is 0 Å². The van der Waals surface area contributed by atoms with Gasteiger partial charge in [0.25, 0.3) is 0 Å². The first-order chi connectivity index (χ1) is 7.69. The van der Waals surface area contributed by atoms with Crippen molar-refractivity contribution in [3.05, 3.63) is 48.2 Å². The number of benzene rings is 1. The molecule has 2 heteroatoms. The minimum absolute atomic E-state index is 0.325. The molecule has 86 valence electrons. The smallest absolute Gasteiger partial charge is 0.343 e. The van der Waals surface area contributed by atoms with Gasteiger partial charge in [0, 0.05) is 0 Å². The number of rotatable bonds is 5. The van der Waals surface area contributed by atoms with Gasteiger partial charge in [0.05, 0.1) is 11.8 Å². The Bertz CT molecular complexity index is 369. The molecule has 0 aliphatic carbocycles. The first kappa shape index (κ1) is 12.5. The predicted molar refractivity (Wildman–Crippen MR) is 65.2 cm³/mol. The molecule has 16 heavy (non-hydrogen) atoms. The maximum atomic E-state index is 11.6. The third-order valence-electron chi connectivity index (χ3n) is 2.69. The fraction of sp³-hybridized carbons (Fsp3) is 0.357. The van der Waals surface area contributed by atoms with E-state index < -0.39 is 0 Å². The van der Waals surface area contributed by atoms with Gasteiger partial charge in [0.15, 0.2) is 0 Å². The Morgan fingerprint density at radius 2 is 2.19 bits per heavy atom. The zero-order valence-corrected chi connectivity index (χ0v) is 9.90. The molecule has 2 nitrogen and oxygen atoms in total. The van der Waals surface area contributed by atoms with E-state index in [0.717, 1.165) is 18.4 Å². The van der Waals surface area contributed by atoms with Gasteiger partial charge in [-0.15, -0.1) is 0 Å². The van der Waals surface area contributed by atoms with Gasteiger partial charge in [-0.25, -0.2) is 4.79 Å². The van der Waals surface area contributed by atoms with Crippen LogP contribution in [0.2, 0.25) is 0 Å². The summed E-state index contributed by atoms with van der Waals surface area (Å²) in [6.45, 7) is 7.71. The molecule has 1 atom stereocenters. The van der Waals surface area contributed by atoms with E-state index in [1.165, 1.54) is 6.26 Å². The highest BCUT2D eigenvalue weighted by Gasteiger charge is 2.12. The summed E-state index contributed by atoms with van der Waals surface area (Å²) in [6, 6.07) is 7.57. The fourth-order valence-electron chi connectivity index (χ4n) is 1.56. The summed E-state index contributed by atoms with van der Waals surface area (Å²) in [5.74, 6) is 0.242. The molecule has 0 saturated carbocycles. The molecule has 0 spiro atoms. The van der Waals surface area contributed by atoms with Gasteiger partial charge < -0.3 is 4.74 Å². The monoisotopic (exact) mass is 218 g/mol. The number of ether oxygens (including phenoxy) is 1. The summed E-state index contributed by atoms with van der Waals surface area (Å²) >= 11 is 0. The van der Waals surface area contributed by atoms with E-state index in [1.807, 2.05) is 18.2 Å². The highest BCUT2D eigenvalue weighted by Crippen LogP contribution is 2.16. The van der Waals surface area contributed by atoms with Crippen molar-refractivity contribution < 1.29 is 9.53 Å². The number of esters is 1. The standard InChI is InChI=1S/C14H18O2/c1-4-11(3)10-12-8-6-7-9-13(12)14(15)16-5-2/h5-9,11H,2,4,10H2,1,3H3. The van der Waals surface area contributed by atoms with Gasteiger partial charge in [-0.3, -0.25) is 0 Å². The third-order valence-corrected chi connectivity index (χ3v) is 2.69. The van der Waals surface area contributed by atoms with Crippen LogP contribution in [-0.4, -0.2) is 5.97 Å². The van der Waals surface area contributed by atoms with Crippen LogP contribution in [0.3, 0.4) is 0 Å². The van der Waals surface area contributed by atoms with Crippen LogP contribution in [0.25, 0.3) is 0 Å². The highest BCUT2D eigenvalue weighted by molar-refractivity contribution is 5.91. The third kappa shape index (κ3) is 3.23. The van der Waals surface area contributed by atoms with Gasteiger partial charge >= 0.3 is 5.97 Å². The van der Waals surface area contributed by atoms with Gasteiger partial charge in [0.2, 0.25) is 0 Å². The van der Waals surface area contributed by atoms with Crippen LogP contribution in [0.15, 0.2) is 37.1 Å². The first-order valence-corrected chi connectivity index (χ1v) is 5.58. The maximum Gasteiger partial charge on any atom is 0.343 e. The number of hydrogen-bond donors (Lipinski definition) is 0. The summed E-state index contributed by atoms with van der Waals surface area (Å²) < 4.78 is 4.81. The van der Waals surface area contributed by atoms with E-state index >= 15 is 0 Å². The topological polar surface area (TPSA) is 26.3 Å². The molecule has 1 aromatic rings. The summed E-state index contributed by atoms with van der Waals surface area (Å²) in [6.07, 6.45) is 3.17. The normalized spacial score (nSPS) is 11.9. The Balaban J connectivity index is 2.91. The number of hydrogen-bond acceptors (Lipinski definition) is 2. The van der Waals surface area contributed by atoms with Crippen molar-refractivity contribution in [2.24, 2.45) is 5.92 Å². The zero-order valence-electron chi connectivity index (χ0n) is 9.90. The second-order valence-corrected chi connectivity index (χ2v) is 3.95. The highest BCUT2D eigenvalue weighted by atomic mass is 16.5. The Kier molecular flexibility index (Phi) is 4.77. The summed E-state index contributed by atoms with van der Waals surface area (Å²) in [5, 5.41) is 0. The molecule has 0 aliphatic rings. The molecule has 1 aromatic carbocycles. The lowest BCUT2D eigenvalue weighted by molar-refractivity contribution is 0.0663. The summed E-state index contributed by atoms with van der Waals surface area (Å²) in [7, 11) is 0. The van der Waals surface area contributed by atoms with E-state index in [1.54, 1.807) is 6.07 Å². The minimum atomic E-state index is -0.325. The molecular formula is C14H18O2. The summed E-state index contributed by atoms with van der Waals surface area (Å²) in [5.41, 5.74) is 1.69. The maximum absolute atomic E-state index is 11.6. The van der Waals surface area contributed by atoms with Crippen LogP contribution in [0.4, 0.5) is 0 Å². The van der Waals surface area contributed by atoms with Crippen molar-refractivity contribution in [3.8, 4) is 0 Å². The Hall–Kier alpha value is -1.57. The molecule has 1 rings (SSSR count). The van der Waals surface area contributed by atoms with Gasteiger partial charge in [0.1, 0.15) is 0 Å². The lowest BCUT2D eigenvalue weighted by Gasteiger charge is -2.11. The van der Waals surface area contributed by atoms with Crippen molar-refractivity contribution in [2.75, 3.05) is 0 Å². The minimum Gasteiger partial charge on any atom is -0.432 e. The van der Waals surface area contributed by atoms with Crippen LogP contribution in [0.5, 0.6) is 0 Å². The zero-order chi connectivity index (χ0) is 12.0. The van der Waals surface area contributed by atoms with Crippen molar-refractivity contribution in [3.63, 3.8) is 0 Å². The predicted octanol–water partition coefficient (Wildman–Crippen LogP) is 3.58. The van der Waals surface area contributed by atoms with Gasteiger partial charge in [-0.2, -0.15) is 0 Å². The average Bonchev–Trinajstić information content (AvgIpc) is 2.30. The molecule has 0 N–H and O–H groups in total. The average molecular weight is 218 g/mol. The molecule has 1 unspecified atom stereocenters. The van der Waals surface area contributed by atoms with Crippen LogP contribution in [-0.2, 0) is 11.2 Å². The molecule has 0 aromatic heterocycles. The Morgan fingerprint density at radius 3 is 2.81 bits per heavy atom. The lowest BCUT2D eigenvalue weighted by Crippen LogP contribution is -2.08. The van der Waals surface area contributed by atoms with E-state index in [4.69, 9.17) is 4.74 Å². The van der Waals surface area contributed by atoms with Crippen LogP contribution in [0.1, 0.15) is 36.2 Å². The second-order valence-electron chi connectivity index (χ2n) is 3.95. The number of carbonyl (C=O) groups is 1. The van der Waals surface area contributed by atoms with Crippen LogP contribution >= 0.6 is 0 Å². The van der Waals surface area contributed by atoms with Crippen LogP contribution in [0, 0.1) is 5.92 Å². The molecule has 0 amide bonds. The van der Waals surface area contributed by atoms with E-state index in [-0.39, 0.29) is 5.97 Å². The SMILES string of the molecule is C=COC(=O)c1ccccc1CC(C)CC. The van der Waals surface area contributed by atoms with E-state index in [0.29, 0.717) is 11.5 Å². The van der Waals surface area contributed by atoms with Gasteiger partial charge in [-0.1, -0.05) is 45.0 Å². The van der Waals surface area contributed by atoms with Gasteiger partial charge in [-0.05, 0) is 24.0 Å². The Labute approximate surface area is 96.9 Å². The fourth-order valence-corrected chi connectivity index (χ4v) is 1.56. The molecule has 0 radical (unpaired) electrons. The van der Waals surface area contributed by atoms with Crippen LogP contribution < -0.4 is 0 Å². The molecule has 0 bridgehead atoms. The number of carbonyl (C=O) groups excluding carboxylic acids is 1. The molecule has 0 heterocycles. The second kappa shape index (κ2) is 6.11.